The van der Waals surface area contributed by atoms with Crippen LogP contribution in [0, 0.1) is 5.41 Å². The maximum Gasteiger partial charge on any atom is 0.321 e. The Hall–Kier alpha value is -2.04. The molecule has 0 heterocycles. The highest BCUT2D eigenvalue weighted by molar-refractivity contribution is 6.05. The summed E-state index contributed by atoms with van der Waals surface area (Å²) in [6, 6.07) is 7.43. The Morgan fingerprint density at radius 2 is 1.95 bits per heavy atom. The quantitative estimate of drug-likeness (QED) is 0.641. The third-order valence-corrected chi connectivity index (χ3v) is 3.39. The number of hydrogen-bond donors (Lipinski definition) is 1. The molecule has 1 fully saturated rings. The second-order valence-corrected chi connectivity index (χ2v) is 4.57. The Kier molecular flexibility index (Phi) is 3.74. The van der Waals surface area contributed by atoms with Gasteiger partial charge < -0.3 is 14.8 Å². The lowest BCUT2D eigenvalue weighted by molar-refractivity contribution is -0.152. The minimum Gasteiger partial charge on any atom is -0.496 e. The molecule has 102 valence electrons. The van der Waals surface area contributed by atoms with Crippen molar-refractivity contribution in [3.63, 3.8) is 0 Å². The first-order valence-corrected chi connectivity index (χ1v) is 6.12. The highest BCUT2D eigenvalue weighted by atomic mass is 16.5. The molecule has 5 nitrogen and oxygen atoms in total. The van der Waals surface area contributed by atoms with Crippen LogP contribution in [0.5, 0.6) is 5.75 Å². The molecule has 0 aromatic heterocycles. The van der Waals surface area contributed by atoms with Gasteiger partial charge in [-0.15, -0.1) is 0 Å². The van der Waals surface area contributed by atoms with Gasteiger partial charge in [0, 0.05) is 12.1 Å². The number of hydrogen-bond acceptors (Lipinski definition) is 4. The van der Waals surface area contributed by atoms with Gasteiger partial charge in [-0.05, 0) is 18.9 Å². The van der Waals surface area contributed by atoms with Crippen LogP contribution in [0.1, 0.15) is 18.4 Å². The van der Waals surface area contributed by atoms with Gasteiger partial charge in [0.1, 0.15) is 11.2 Å². The SMILES string of the molecule is COC(=O)C1(C(=O)NCc2ccccc2OC)CC1. The number of amides is 1. The molecule has 1 aliphatic rings. The minimum absolute atomic E-state index is 0.273. The van der Waals surface area contributed by atoms with Gasteiger partial charge in [0.25, 0.3) is 0 Å². The van der Waals surface area contributed by atoms with E-state index in [4.69, 9.17) is 4.74 Å². The Morgan fingerprint density at radius 3 is 2.53 bits per heavy atom. The monoisotopic (exact) mass is 263 g/mol. The molecule has 2 rings (SSSR count). The van der Waals surface area contributed by atoms with Gasteiger partial charge in [-0.1, -0.05) is 18.2 Å². The lowest BCUT2D eigenvalue weighted by Crippen LogP contribution is -2.37. The molecule has 5 heteroatoms. The first-order chi connectivity index (χ1) is 9.14. The summed E-state index contributed by atoms with van der Waals surface area (Å²) in [5.74, 6) is -0.0130. The van der Waals surface area contributed by atoms with E-state index < -0.39 is 11.4 Å². The van der Waals surface area contributed by atoms with Crippen molar-refractivity contribution in [1.82, 2.24) is 5.32 Å². The summed E-state index contributed by atoms with van der Waals surface area (Å²) in [4.78, 5) is 23.6. The van der Waals surface area contributed by atoms with E-state index in [0.717, 1.165) is 5.56 Å². The maximum absolute atomic E-state index is 12.0. The Bertz CT molecular complexity index is 494. The summed E-state index contributed by atoms with van der Waals surface area (Å²) in [5.41, 5.74) is -0.0875. The molecule has 0 atom stereocenters. The van der Waals surface area contributed by atoms with Gasteiger partial charge in [-0.2, -0.15) is 0 Å². The molecule has 0 bridgehead atoms. The number of carbonyl (C=O) groups is 2. The second-order valence-electron chi connectivity index (χ2n) is 4.57. The van der Waals surface area contributed by atoms with Crippen molar-refractivity contribution in [1.29, 1.82) is 0 Å². The number of methoxy groups -OCH3 is 2. The van der Waals surface area contributed by atoms with E-state index in [0.29, 0.717) is 25.1 Å². The van der Waals surface area contributed by atoms with E-state index in [9.17, 15) is 9.59 Å². The van der Waals surface area contributed by atoms with Crippen LogP contribution in [0.15, 0.2) is 24.3 Å². The molecule has 1 N–H and O–H groups in total. The number of carbonyl (C=O) groups excluding carboxylic acids is 2. The number of ether oxygens (including phenoxy) is 2. The predicted octanol–water partition coefficient (Wildman–Crippen LogP) is 1.26. The molecule has 1 aromatic rings. The van der Waals surface area contributed by atoms with Crippen LogP contribution < -0.4 is 10.1 Å². The Balaban J connectivity index is 1.99. The number of para-hydroxylation sites is 1. The summed E-state index contributed by atoms with van der Waals surface area (Å²) < 4.78 is 9.88. The predicted molar refractivity (Wildman–Crippen MR) is 68.5 cm³/mol. The first-order valence-electron chi connectivity index (χ1n) is 6.12. The summed E-state index contributed by atoms with van der Waals surface area (Å²) >= 11 is 0. The molecule has 0 radical (unpaired) electrons. The molecule has 1 aliphatic carbocycles. The van der Waals surface area contributed by atoms with Crippen molar-refractivity contribution in [2.75, 3.05) is 14.2 Å². The average molecular weight is 263 g/mol. The molecule has 1 saturated carbocycles. The van der Waals surface area contributed by atoms with E-state index in [2.05, 4.69) is 10.1 Å². The summed E-state index contributed by atoms with van der Waals surface area (Å²) in [6.07, 6.45) is 1.11. The largest absolute Gasteiger partial charge is 0.496 e. The van der Waals surface area contributed by atoms with Crippen LogP contribution in [0.3, 0.4) is 0 Å². The van der Waals surface area contributed by atoms with Crippen molar-refractivity contribution in [2.45, 2.75) is 19.4 Å². The van der Waals surface area contributed by atoms with E-state index >= 15 is 0 Å². The number of benzene rings is 1. The molecule has 1 aromatic carbocycles. The van der Waals surface area contributed by atoms with Crippen LogP contribution in [0.25, 0.3) is 0 Å². The second kappa shape index (κ2) is 5.30. The van der Waals surface area contributed by atoms with Crippen molar-refractivity contribution >= 4 is 11.9 Å². The smallest absolute Gasteiger partial charge is 0.321 e. The van der Waals surface area contributed by atoms with Gasteiger partial charge in [-0.25, -0.2) is 0 Å². The Morgan fingerprint density at radius 1 is 1.26 bits per heavy atom. The normalized spacial score (nSPS) is 15.5. The topological polar surface area (TPSA) is 64.6 Å². The highest BCUT2D eigenvalue weighted by Crippen LogP contribution is 2.46. The standard InChI is InChI=1S/C14H17NO4/c1-18-11-6-4-3-5-10(11)9-15-12(16)14(7-8-14)13(17)19-2/h3-6H,7-9H2,1-2H3,(H,15,16). The van der Waals surface area contributed by atoms with Gasteiger partial charge >= 0.3 is 5.97 Å². The van der Waals surface area contributed by atoms with Gasteiger partial charge in [0.2, 0.25) is 5.91 Å². The van der Waals surface area contributed by atoms with E-state index in [1.165, 1.54) is 7.11 Å². The zero-order valence-electron chi connectivity index (χ0n) is 11.1. The van der Waals surface area contributed by atoms with Crippen molar-refractivity contribution in [3.8, 4) is 5.75 Å². The molecular formula is C14H17NO4. The van der Waals surface area contributed by atoms with Gasteiger partial charge in [0.05, 0.1) is 14.2 Å². The highest BCUT2D eigenvalue weighted by Gasteiger charge is 2.57. The average Bonchev–Trinajstić information content (AvgIpc) is 3.25. The molecule has 0 aliphatic heterocycles. The fourth-order valence-electron chi connectivity index (χ4n) is 2.04. The van der Waals surface area contributed by atoms with Gasteiger partial charge in [-0.3, -0.25) is 9.59 Å². The molecular weight excluding hydrogens is 246 g/mol. The number of nitrogens with one attached hydrogen (secondary N) is 1. The molecule has 0 spiro atoms. The zero-order chi connectivity index (χ0) is 13.9. The number of esters is 1. The Labute approximate surface area is 111 Å². The summed E-state index contributed by atoms with van der Waals surface area (Å²) in [5, 5.41) is 2.77. The van der Waals surface area contributed by atoms with Crippen molar-refractivity contribution < 1.29 is 19.1 Å². The maximum atomic E-state index is 12.0. The minimum atomic E-state index is -0.962. The van der Waals surface area contributed by atoms with Crippen molar-refractivity contribution in [2.24, 2.45) is 5.41 Å². The van der Waals surface area contributed by atoms with Crippen LogP contribution in [0.4, 0.5) is 0 Å². The lowest BCUT2D eigenvalue weighted by atomic mass is 10.1. The van der Waals surface area contributed by atoms with Crippen LogP contribution in [0.2, 0.25) is 0 Å². The molecule has 0 saturated heterocycles. The summed E-state index contributed by atoms with van der Waals surface area (Å²) in [6.45, 7) is 0.335. The van der Waals surface area contributed by atoms with E-state index in [-0.39, 0.29) is 5.91 Å². The van der Waals surface area contributed by atoms with Crippen LogP contribution in [-0.4, -0.2) is 26.1 Å². The molecule has 19 heavy (non-hydrogen) atoms. The lowest BCUT2D eigenvalue weighted by Gasteiger charge is -2.14. The molecule has 0 unspecified atom stereocenters. The molecule has 1 amide bonds. The fourth-order valence-corrected chi connectivity index (χ4v) is 2.04. The van der Waals surface area contributed by atoms with Gasteiger partial charge in [0.15, 0.2) is 0 Å². The van der Waals surface area contributed by atoms with E-state index in [1.807, 2.05) is 24.3 Å². The van der Waals surface area contributed by atoms with E-state index in [1.54, 1.807) is 7.11 Å². The fraction of sp³-hybridized carbons (Fsp3) is 0.429. The zero-order valence-corrected chi connectivity index (χ0v) is 11.1. The summed E-state index contributed by atoms with van der Waals surface area (Å²) in [7, 11) is 2.88. The first kappa shape index (κ1) is 13.4. The number of rotatable bonds is 5. The van der Waals surface area contributed by atoms with Crippen LogP contribution >= 0.6 is 0 Å². The third-order valence-electron chi connectivity index (χ3n) is 3.39. The van der Waals surface area contributed by atoms with Crippen LogP contribution in [-0.2, 0) is 20.9 Å². The third kappa shape index (κ3) is 2.54. The van der Waals surface area contributed by atoms with Crippen molar-refractivity contribution in [3.05, 3.63) is 29.8 Å².